The van der Waals surface area contributed by atoms with E-state index in [0.717, 1.165) is 44.5 Å². The van der Waals surface area contributed by atoms with E-state index in [9.17, 15) is 14.4 Å². The number of benzene rings is 3. The van der Waals surface area contributed by atoms with Crippen molar-refractivity contribution in [3.8, 4) is 0 Å². The summed E-state index contributed by atoms with van der Waals surface area (Å²) in [7, 11) is 0. The molecule has 10 heteroatoms. The zero-order chi connectivity index (χ0) is 36.1. The van der Waals surface area contributed by atoms with Crippen LogP contribution in [0, 0.1) is 27.7 Å². The Morgan fingerprint density at radius 2 is 0.979 bits per heavy atom. The van der Waals surface area contributed by atoms with Crippen LogP contribution in [-0.4, -0.2) is 29.5 Å². The fourth-order valence-electron chi connectivity index (χ4n) is 4.88. The number of ether oxygens (including phenoxy) is 3. The van der Waals surface area contributed by atoms with Crippen molar-refractivity contribution in [2.75, 3.05) is 0 Å². The molecule has 3 aromatic carbocycles. The highest BCUT2D eigenvalue weighted by atomic mass is 16.6. The number of nitrogens with one attached hydrogen (secondary N) is 3. The van der Waals surface area contributed by atoms with E-state index in [1.165, 1.54) is 5.56 Å². The third-order valence-corrected chi connectivity index (χ3v) is 7.01. The lowest BCUT2D eigenvalue weighted by Gasteiger charge is -2.20. The Morgan fingerprint density at radius 3 is 1.38 bits per heavy atom. The van der Waals surface area contributed by atoms with Crippen molar-refractivity contribution in [2.24, 2.45) is 5.73 Å². The molecule has 0 saturated carbocycles. The molecule has 0 aliphatic heterocycles. The van der Waals surface area contributed by atoms with E-state index in [1.807, 2.05) is 124 Å². The molecular formula is C38H54N4O6. The number of hydrogen-bond donors (Lipinski definition) is 4. The number of rotatable bonds is 9. The first-order chi connectivity index (χ1) is 22.4. The van der Waals surface area contributed by atoms with Crippen LogP contribution in [0.2, 0.25) is 0 Å². The van der Waals surface area contributed by atoms with Crippen molar-refractivity contribution in [2.45, 2.75) is 113 Å². The van der Waals surface area contributed by atoms with Gasteiger partial charge in [-0.3, -0.25) is 0 Å². The van der Waals surface area contributed by atoms with Crippen molar-refractivity contribution in [1.82, 2.24) is 16.0 Å². The van der Waals surface area contributed by atoms with E-state index in [1.54, 1.807) is 0 Å². The Kier molecular flexibility index (Phi) is 14.9. The average Bonchev–Trinajstić information content (AvgIpc) is 2.96. The molecule has 10 nitrogen and oxygen atoms in total. The first kappa shape index (κ1) is 39.6. The van der Waals surface area contributed by atoms with Gasteiger partial charge < -0.3 is 35.9 Å². The van der Waals surface area contributed by atoms with Crippen LogP contribution in [0.15, 0.2) is 54.6 Å². The fraction of sp³-hybridized carbons (Fsp3) is 0.447. The molecule has 0 saturated heterocycles. The molecule has 0 bridgehead atoms. The van der Waals surface area contributed by atoms with Crippen LogP contribution in [0.25, 0.3) is 0 Å². The second kappa shape index (κ2) is 18.1. The van der Waals surface area contributed by atoms with Gasteiger partial charge in [-0.05, 0) is 119 Å². The van der Waals surface area contributed by atoms with E-state index in [4.69, 9.17) is 19.9 Å². The van der Waals surface area contributed by atoms with Crippen LogP contribution in [0.3, 0.4) is 0 Å². The number of alkyl carbamates (subject to hydrolysis) is 3. The predicted octanol–water partition coefficient (Wildman–Crippen LogP) is 7.54. The van der Waals surface area contributed by atoms with Crippen LogP contribution < -0.4 is 21.7 Å². The summed E-state index contributed by atoms with van der Waals surface area (Å²) >= 11 is 0. The highest BCUT2D eigenvalue weighted by Crippen LogP contribution is 2.18. The standard InChI is InChI=1S/C23H30N2O4.C15H24N2O2/c1-16-11-19(13-24-22(27)29-23(3,4)5)12-17(2)20(16)14-25-21(26)28-15-18-9-7-6-8-10-18;1-10-6-12(7-11(2)13(10)8-16)9-17-14(18)19-15(3,4)5/h6-12H,13-15H2,1-5H3,(H,24,27)(H,25,26);6-7H,8-9,16H2,1-5H3,(H,17,18). The summed E-state index contributed by atoms with van der Waals surface area (Å²) in [6.07, 6.45) is -1.30. The molecule has 0 spiro atoms. The Morgan fingerprint density at radius 1 is 0.583 bits per heavy atom. The second-order valence-electron chi connectivity index (χ2n) is 13.7. The maximum absolute atomic E-state index is 12.0. The molecule has 0 heterocycles. The summed E-state index contributed by atoms with van der Waals surface area (Å²) in [5, 5.41) is 8.31. The average molecular weight is 663 g/mol. The minimum atomic E-state index is -0.527. The number of carbonyl (C=O) groups excluding carboxylic acids is 3. The molecule has 3 amide bonds. The molecule has 48 heavy (non-hydrogen) atoms. The molecule has 3 aromatic rings. The summed E-state index contributed by atoms with van der Waals surface area (Å²) in [5.41, 5.74) is 14.3. The Hall–Kier alpha value is -4.57. The van der Waals surface area contributed by atoms with Crippen molar-refractivity contribution in [3.05, 3.63) is 105 Å². The molecule has 3 rings (SSSR count). The molecule has 0 aromatic heterocycles. The van der Waals surface area contributed by atoms with Gasteiger partial charge in [-0.25, -0.2) is 14.4 Å². The third-order valence-electron chi connectivity index (χ3n) is 7.01. The number of amides is 3. The van der Waals surface area contributed by atoms with Gasteiger partial charge in [0.15, 0.2) is 0 Å². The minimum absolute atomic E-state index is 0.236. The number of aryl methyl sites for hydroxylation is 4. The molecule has 0 aliphatic carbocycles. The molecule has 0 aliphatic rings. The van der Waals surface area contributed by atoms with Crippen molar-refractivity contribution < 1.29 is 28.6 Å². The van der Waals surface area contributed by atoms with Gasteiger partial charge in [0.05, 0.1) is 0 Å². The number of hydrogen-bond acceptors (Lipinski definition) is 7. The zero-order valence-corrected chi connectivity index (χ0v) is 30.3. The fourth-order valence-corrected chi connectivity index (χ4v) is 4.88. The Bertz CT molecular complexity index is 1480. The van der Waals surface area contributed by atoms with Crippen LogP contribution in [0.5, 0.6) is 0 Å². The third kappa shape index (κ3) is 14.9. The number of carbonyl (C=O) groups is 3. The van der Waals surface area contributed by atoms with Crippen molar-refractivity contribution in [3.63, 3.8) is 0 Å². The second-order valence-corrected chi connectivity index (χ2v) is 13.7. The normalized spacial score (nSPS) is 11.1. The highest BCUT2D eigenvalue weighted by molar-refractivity contribution is 5.68. The lowest BCUT2D eigenvalue weighted by molar-refractivity contribution is 0.0512. The topological polar surface area (TPSA) is 141 Å². The highest BCUT2D eigenvalue weighted by Gasteiger charge is 2.17. The van der Waals surface area contributed by atoms with E-state index < -0.39 is 29.5 Å². The minimum Gasteiger partial charge on any atom is -0.445 e. The maximum atomic E-state index is 12.0. The van der Waals surface area contributed by atoms with Gasteiger partial charge in [0.25, 0.3) is 0 Å². The van der Waals surface area contributed by atoms with Gasteiger partial charge in [-0.15, -0.1) is 0 Å². The van der Waals surface area contributed by atoms with E-state index in [-0.39, 0.29) is 6.61 Å². The van der Waals surface area contributed by atoms with E-state index >= 15 is 0 Å². The number of nitrogens with two attached hydrogens (primary N) is 1. The maximum Gasteiger partial charge on any atom is 0.407 e. The SMILES string of the molecule is Cc1cc(CNC(=O)OC(C)(C)C)cc(C)c1CN.Cc1cc(CNC(=O)OC(C)(C)C)cc(C)c1CNC(=O)OCc1ccccc1. The summed E-state index contributed by atoms with van der Waals surface area (Å²) in [5.74, 6) is 0. The molecule has 0 fully saturated rings. The molecular weight excluding hydrogens is 608 g/mol. The first-order valence-corrected chi connectivity index (χ1v) is 16.1. The quantitative estimate of drug-likeness (QED) is 0.174. The molecule has 0 radical (unpaired) electrons. The van der Waals surface area contributed by atoms with Crippen LogP contribution in [0.4, 0.5) is 14.4 Å². The monoisotopic (exact) mass is 662 g/mol. The van der Waals surface area contributed by atoms with Crippen LogP contribution in [0.1, 0.15) is 91.6 Å². The summed E-state index contributed by atoms with van der Waals surface area (Å²) in [4.78, 5) is 35.4. The Balaban J connectivity index is 0.000000365. The van der Waals surface area contributed by atoms with Crippen LogP contribution >= 0.6 is 0 Å². The van der Waals surface area contributed by atoms with Gasteiger partial charge in [-0.1, -0.05) is 54.6 Å². The lowest BCUT2D eigenvalue weighted by atomic mass is 9.99. The van der Waals surface area contributed by atoms with Crippen molar-refractivity contribution in [1.29, 1.82) is 0 Å². The smallest absolute Gasteiger partial charge is 0.407 e. The van der Waals surface area contributed by atoms with Crippen LogP contribution in [-0.2, 0) is 47.0 Å². The first-order valence-electron chi connectivity index (χ1n) is 16.1. The molecule has 0 atom stereocenters. The summed E-state index contributed by atoms with van der Waals surface area (Å²) in [6, 6.07) is 17.6. The van der Waals surface area contributed by atoms with E-state index in [2.05, 4.69) is 16.0 Å². The van der Waals surface area contributed by atoms with Gasteiger partial charge >= 0.3 is 18.3 Å². The molecule has 262 valence electrons. The van der Waals surface area contributed by atoms with Gasteiger partial charge in [-0.2, -0.15) is 0 Å². The molecule has 0 unspecified atom stereocenters. The molecule has 5 N–H and O–H groups in total. The summed E-state index contributed by atoms with van der Waals surface area (Å²) < 4.78 is 15.7. The Labute approximate surface area is 286 Å². The van der Waals surface area contributed by atoms with Gasteiger partial charge in [0.1, 0.15) is 17.8 Å². The van der Waals surface area contributed by atoms with Gasteiger partial charge in [0, 0.05) is 26.2 Å². The van der Waals surface area contributed by atoms with Gasteiger partial charge in [0.2, 0.25) is 0 Å². The summed E-state index contributed by atoms with van der Waals surface area (Å²) in [6.45, 7) is 21.0. The lowest BCUT2D eigenvalue weighted by Crippen LogP contribution is -2.32. The predicted molar refractivity (Wildman–Crippen MR) is 189 cm³/mol. The largest absolute Gasteiger partial charge is 0.445 e. The van der Waals surface area contributed by atoms with E-state index in [0.29, 0.717) is 26.2 Å². The zero-order valence-electron chi connectivity index (χ0n) is 30.3. The van der Waals surface area contributed by atoms with Crippen molar-refractivity contribution >= 4 is 18.3 Å².